The van der Waals surface area contributed by atoms with Crippen molar-refractivity contribution in [1.82, 2.24) is 4.90 Å². The predicted molar refractivity (Wildman–Crippen MR) is 65.0 cm³/mol. The molecule has 0 aromatic carbocycles. The van der Waals surface area contributed by atoms with Crippen molar-refractivity contribution < 1.29 is 4.74 Å². The van der Waals surface area contributed by atoms with Crippen LogP contribution in [0.15, 0.2) is 0 Å². The van der Waals surface area contributed by atoms with Gasteiger partial charge in [-0.25, -0.2) is 0 Å². The van der Waals surface area contributed by atoms with Gasteiger partial charge in [0.05, 0.1) is 6.61 Å². The molecule has 0 rings (SSSR count). The van der Waals surface area contributed by atoms with E-state index in [9.17, 15) is 0 Å². The molecule has 0 bridgehead atoms. The molecule has 0 spiro atoms. The molecule has 1 unspecified atom stereocenters. The number of methoxy groups -OCH3 is 1. The highest BCUT2D eigenvalue weighted by Gasteiger charge is 2.02. The quantitative estimate of drug-likeness (QED) is 0.589. The van der Waals surface area contributed by atoms with Crippen molar-refractivity contribution in [2.75, 3.05) is 44.9 Å². The van der Waals surface area contributed by atoms with Gasteiger partial charge in [-0.3, -0.25) is 0 Å². The number of ether oxygens (including phenoxy) is 1. The summed E-state index contributed by atoms with van der Waals surface area (Å²) in [5, 5.41) is 0. The Hall–Kier alpha value is 0.230. The Morgan fingerprint density at radius 3 is 2.50 bits per heavy atom. The molecule has 0 aliphatic rings. The fourth-order valence-electron chi connectivity index (χ4n) is 1.23. The molecule has 0 fully saturated rings. The molecule has 0 aromatic heterocycles. The Kier molecular flexibility index (Phi) is 9.93. The van der Waals surface area contributed by atoms with Gasteiger partial charge in [0.25, 0.3) is 0 Å². The van der Waals surface area contributed by atoms with Crippen LogP contribution < -0.4 is 5.73 Å². The van der Waals surface area contributed by atoms with E-state index in [-0.39, 0.29) is 6.04 Å². The van der Waals surface area contributed by atoms with Gasteiger partial charge < -0.3 is 15.4 Å². The normalized spacial score (nSPS) is 13.5. The van der Waals surface area contributed by atoms with E-state index in [0.717, 1.165) is 25.4 Å². The van der Waals surface area contributed by atoms with E-state index in [4.69, 9.17) is 10.5 Å². The summed E-state index contributed by atoms with van der Waals surface area (Å²) in [5.74, 6) is 2.16. The van der Waals surface area contributed by atoms with Gasteiger partial charge in [-0.1, -0.05) is 13.8 Å². The summed E-state index contributed by atoms with van der Waals surface area (Å²) in [6.45, 7) is 8.51. The van der Waals surface area contributed by atoms with Crippen LogP contribution in [0.25, 0.3) is 0 Å². The van der Waals surface area contributed by atoms with Crippen molar-refractivity contribution in [3.63, 3.8) is 0 Å². The number of hydrogen-bond acceptors (Lipinski definition) is 4. The first kappa shape index (κ1) is 14.2. The summed E-state index contributed by atoms with van der Waals surface area (Å²) >= 11 is 1.91. The van der Waals surface area contributed by atoms with Crippen LogP contribution >= 0.6 is 11.8 Å². The van der Waals surface area contributed by atoms with Gasteiger partial charge >= 0.3 is 0 Å². The molecule has 0 aliphatic carbocycles. The highest BCUT2D eigenvalue weighted by molar-refractivity contribution is 7.99. The van der Waals surface area contributed by atoms with Crippen LogP contribution in [0.2, 0.25) is 0 Å². The molecular weight excluding hydrogens is 196 g/mol. The fraction of sp³-hybridized carbons (Fsp3) is 1.00. The smallest absolute Gasteiger partial charge is 0.0621 e. The average Bonchev–Trinajstić information content (AvgIpc) is 2.19. The molecule has 0 radical (unpaired) electrons. The van der Waals surface area contributed by atoms with Gasteiger partial charge in [-0.05, 0) is 13.1 Å². The third-order valence-electron chi connectivity index (χ3n) is 2.16. The van der Waals surface area contributed by atoms with E-state index >= 15 is 0 Å². The molecular formula is C10H24N2OS. The minimum Gasteiger partial charge on any atom is -0.383 e. The van der Waals surface area contributed by atoms with Crippen molar-refractivity contribution in [3.05, 3.63) is 0 Å². The second-order valence-electron chi connectivity index (χ2n) is 3.32. The summed E-state index contributed by atoms with van der Waals surface area (Å²) in [5.41, 5.74) is 5.81. The van der Waals surface area contributed by atoms with Crippen LogP contribution in [0.1, 0.15) is 13.8 Å². The van der Waals surface area contributed by atoms with Gasteiger partial charge in [0, 0.05) is 31.2 Å². The first-order chi connectivity index (χ1) is 6.74. The largest absolute Gasteiger partial charge is 0.383 e. The Morgan fingerprint density at radius 2 is 2.00 bits per heavy atom. The molecule has 14 heavy (non-hydrogen) atoms. The van der Waals surface area contributed by atoms with Gasteiger partial charge in [0.2, 0.25) is 0 Å². The standard InChI is InChI=1S/C10H24N2OS/c1-4-12(5-2)6-7-14-9-10(11)8-13-3/h10H,4-9,11H2,1-3H3. The van der Waals surface area contributed by atoms with E-state index in [1.165, 1.54) is 5.75 Å². The first-order valence-electron chi connectivity index (χ1n) is 5.29. The van der Waals surface area contributed by atoms with Crippen LogP contribution in [0.4, 0.5) is 0 Å². The highest BCUT2D eigenvalue weighted by Crippen LogP contribution is 2.03. The van der Waals surface area contributed by atoms with Crippen molar-refractivity contribution in [1.29, 1.82) is 0 Å². The number of hydrogen-bond donors (Lipinski definition) is 1. The van der Waals surface area contributed by atoms with Gasteiger partial charge in [-0.15, -0.1) is 0 Å². The van der Waals surface area contributed by atoms with E-state index < -0.39 is 0 Å². The lowest BCUT2D eigenvalue weighted by Gasteiger charge is -2.18. The minimum atomic E-state index is 0.182. The number of thioether (sulfide) groups is 1. The Labute approximate surface area is 92.4 Å². The Balaban J connectivity index is 3.27. The summed E-state index contributed by atoms with van der Waals surface area (Å²) in [7, 11) is 1.69. The van der Waals surface area contributed by atoms with E-state index in [0.29, 0.717) is 6.61 Å². The topological polar surface area (TPSA) is 38.5 Å². The van der Waals surface area contributed by atoms with Crippen molar-refractivity contribution in [2.45, 2.75) is 19.9 Å². The summed E-state index contributed by atoms with van der Waals surface area (Å²) in [6, 6.07) is 0.182. The maximum atomic E-state index is 5.81. The van der Waals surface area contributed by atoms with Crippen molar-refractivity contribution in [3.8, 4) is 0 Å². The van der Waals surface area contributed by atoms with E-state index in [1.807, 2.05) is 11.8 Å². The third-order valence-corrected chi connectivity index (χ3v) is 3.29. The van der Waals surface area contributed by atoms with Crippen LogP contribution in [-0.2, 0) is 4.74 Å². The van der Waals surface area contributed by atoms with E-state index in [1.54, 1.807) is 7.11 Å². The average molecular weight is 220 g/mol. The SMILES string of the molecule is CCN(CC)CCSCC(N)COC. The van der Waals surface area contributed by atoms with Crippen LogP contribution in [-0.4, -0.2) is 55.8 Å². The van der Waals surface area contributed by atoms with Crippen LogP contribution in [0, 0.1) is 0 Å². The molecule has 1 atom stereocenters. The molecule has 0 saturated carbocycles. The van der Waals surface area contributed by atoms with Gasteiger partial charge in [0.15, 0.2) is 0 Å². The molecule has 0 amide bonds. The van der Waals surface area contributed by atoms with Gasteiger partial charge in [0.1, 0.15) is 0 Å². The third kappa shape index (κ3) is 7.62. The molecule has 4 heteroatoms. The Morgan fingerprint density at radius 1 is 1.36 bits per heavy atom. The highest BCUT2D eigenvalue weighted by atomic mass is 32.2. The summed E-state index contributed by atoms with van der Waals surface area (Å²) < 4.78 is 4.98. The molecule has 3 nitrogen and oxygen atoms in total. The maximum absolute atomic E-state index is 5.81. The van der Waals surface area contributed by atoms with Crippen LogP contribution in [0.5, 0.6) is 0 Å². The first-order valence-corrected chi connectivity index (χ1v) is 6.44. The lowest BCUT2D eigenvalue weighted by molar-refractivity contribution is 0.186. The molecule has 2 N–H and O–H groups in total. The van der Waals surface area contributed by atoms with Crippen LogP contribution in [0.3, 0.4) is 0 Å². The van der Waals surface area contributed by atoms with Gasteiger partial charge in [-0.2, -0.15) is 11.8 Å². The predicted octanol–water partition coefficient (Wildman–Crippen LogP) is 1.04. The maximum Gasteiger partial charge on any atom is 0.0621 e. The molecule has 0 heterocycles. The number of rotatable bonds is 9. The number of nitrogens with two attached hydrogens (primary N) is 1. The molecule has 0 aromatic rings. The lowest BCUT2D eigenvalue weighted by atomic mass is 10.4. The van der Waals surface area contributed by atoms with Crippen molar-refractivity contribution in [2.24, 2.45) is 5.73 Å². The molecule has 86 valence electrons. The summed E-state index contributed by atoms with van der Waals surface area (Å²) in [6.07, 6.45) is 0. The zero-order valence-electron chi connectivity index (χ0n) is 9.66. The van der Waals surface area contributed by atoms with E-state index in [2.05, 4.69) is 18.7 Å². The molecule has 0 saturated heterocycles. The van der Waals surface area contributed by atoms with Crippen molar-refractivity contribution >= 4 is 11.8 Å². The fourth-order valence-corrected chi connectivity index (χ4v) is 2.18. The zero-order valence-corrected chi connectivity index (χ0v) is 10.5. The second-order valence-corrected chi connectivity index (χ2v) is 4.47. The lowest BCUT2D eigenvalue weighted by Crippen LogP contribution is -2.29. The second kappa shape index (κ2) is 9.77. The molecule has 0 aliphatic heterocycles. The minimum absolute atomic E-state index is 0.182. The number of nitrogens with zero attached hydrogens (tertiary/aromatic N) is 1. The summed E-state index contributed by atoms with van der Waals surface area (Å²) in [4.78, 5) is 2.43. The monoisotopic (exact) mass is 220 g/mol. The Bertz CT molecular complexity index is 121. The zero-order chi connectivity index (χ0) is 10.8.